The SMILES string of the molecule is CN1C(=O)CCC(C(=O)N2Cc3ccccc3C2)C1c1cnn(C)c1. The van der Waals surface area contributed by atoms with E-state index in [4.69, 9.17) is 0 Å². The maximum Gasteiger partial charge on any atom is 0.228 e. The molecule has 0 saturated carbocycles. The number of amides is 2. The molecule has 1 fully saturated rings. The topological polar surface area (TPSA) is 58.4 Å². The molecule has 6 nitrogen and oxygen atoms in total. The zero-order valence-electron chi connectivity index (χ0n) is 14.6. The Morgan fingerprint density at radius 3 is 2.44 bits per heavy atom. The van der Waals surface area contributed by atoms with Gasteiger partial charge in [0.15, 0.2) is 0 Å². The number of likely N-dealkylation sites (tertiary alicyclic amines) is 1. The van der Waals surface area contributed by atoms with E-state index in [-0.39, 0.29) is 23.8 Å². The van der Waals surface area contributed by atoms with Crippen molar-refractivity contribution < 1.29 is 9.59 Å². The third-order valence-electron chi connectivity index (χ3n) is 5.40. The quantitative estimate of drug-likeness (QED) is 0.840. The van der Waals surface area contributed by atoms with E-state index < -0.39 is 0 Å². The molecule has 0 spiro atoms. The number of piperidine rings is 1. The Bertz CT molecular complexity index is 803. The van der Waals surface area contributed by atoms with Crippen LogP contribution in [0, 0.1) is 5.92 Å². The van der Waals surface area contributed by atoms with E-state index in [0.717, 1.165) is 5.56 Å². The normalized spacial score (nSPS) is 23.0. The number of aromatic nitrogens is 2. The average molecular weight is 338 g/mol. The van der Waals surface area contributed by atoms with Crippen LogP contribution in [0.5, 0.6) is 0 Å². The molecule has 1 aromatic heterocycles. The first-order chi connectivity index (χ1) is 12.0. The number of benzene rings is 1. The molecule has 1 saturated heterocycles. The number of hydrogen-bond acceptors (Lipinski definition) is 3. The Morgan fingerprint density at radius 2 is 1.84 bits per heavy atom. The standard InChI is InChI=1S/C19H22N4O2/c1-21-10-15(9-20-21)18-16(7-8-17(24)22(18)2)19(25)23-11-13-5-3-4-6-14(13)12-23/h3-6,9-10,16,18H,7-8,11-12H2,1-2H3. The van der Waals surface area contributed by atoms with Gasteiger partial charge in [0.25, 0.3) is 0 Å². The maximum absolute atomic E-state index is 13.3. The maximum atomic E-state index is 13.3. The zero-order chi connectivity index (χ0) is 17.6. The summed E-state index contributed by atoms with van der Waals surface area (Å²) in [5.74, 6) is -0.00627. The minimum absolute atomic E-state index is 0.0858. The van der Waals surface area contributed by atoms with Gasteiger partial charge in [-0.15, -0.1) is 0 Å². The molecule has 2 aliphatic heterocycles. The first kappa shape index (κ1) is 15.9. The van der Waals surface area contributed by atoms with Gasteiger partial charge >= 0.3 is 0 Å². The summed E-state index contributed by atoms with van der Waals surface area (Å²) in [4.78, 5) is 29.1. The lowest BCUT2D eigenvalue weighted by atomic mass is 9.84. The summed E-state index contributed by atoms with van der Waals surface area (Å²) in [6.45, 7) is 1.31. The molecule has 2 unspecified atom stereocenters. The minimum atomic E-state index is -0.244. The van der Waals surface area contributed by atoms with Gasteiger partial charge in [0, 0.05) is 45.4 Å². The summed E-state index contributed by atoms with van der Waals surface area (Å²) in [6, 6.07) is 7.94. The van der Waals surface area contributed by atoms with Gasteiger partial charge in [-0.3, -0.25) is 14.3 Å². The minimum Gasteiger partial charge on any atom is -0.338 e. The number of hydrogen-bond donors (Lipinski definition) is 0. The highest BCUT2D eigenvalue weighted by molar-refractivity contribution is 5.85. The molecule has 3 heterocycles. The first-order valence-electron chi connectivity index (χ1n) is 8.64. The number of carbonyl (C=O) groups excluding carboxylic acids is 2. The van der Waals surface area contributed by atoms with Crippen LogP contribution >= 0.6 is 0 Å². The van der Waals surface area contributed by atoms with Gasteiger partial charge in [-0.2, -0.15) is 5.10 Å². The number of aryl methyl sites for hydroxylation is 1. The van der Waals surface area contributed by atoms with Crippen LogP contribution in [0.2, 0.25) is 0 Å². The van der Waals surface area contributed by atoms with E-state index >= 15 is 0 Å². The van der Waals surface area contributed by atoms with E-state index in [1.807, 2.05) is 30.3 Å². The van der Waals surface area contributed by atoms with Gasteiger partial charge in [-0.1, -0.05) is 24.3 Å². The Balaban J connectivity index is 1.61. The van der Waals surface area contributed by atoms with Gasteiger partial charge in [0.2, 0.25) is 11.8 Å². The summed E-state index contributed by atoms with van der Waals surface area (Å²) >= 11 is 0. The van der Waals surface area contributed by atoms with E-state index in [2.05, 4.69) is 17.2 Å². The van der Waals surface area contributed by atoms with Crippen molar-refractivity contribution in [2.75, 3.05) is 7.05 Å². The second-order valence-corrected chi connectivity index (χ2v) is 7.00. The van der Waals surface area contributed by atoms with E-state index in [0.29, 0.717) is 25.9 Å². The molecule has 0 bridgehead atoms. The molecule has 0 radical (unpaired) electrons. The summed E-state index contributed by atoms with van der Waals surface area (Å²) in [5.41, 5.74) is 3.36. The van der Waals surface area contributed by atoms with Crippen molar-refractivity contribution in [2.24, 2.45) is 13.0 Å². The lowest BCUT2D eigenvalue weighted by molar-refractivity contribution is -0.147. The highest BCUT2D eigenvalue weighted by Gasteiger charge is 2.42. The van der Waals surface area contributed by atoms with Crippen LogP contribution in [0.15, 0.2) is 36.7 Å². The van der Waals surface area contributed by atoms with Gasteiger partial charge in [0.1, 0.15) is 0 Å². The smallest absolute Gasteiger partial charge is 0.228 e. The fraction of sp³-hybridized carbons (Fsp3) is 0.421. The molecule has 6 heteroatoms. The molecule has 25 heavy (non-hydrogen) atoms. The van der Waals surface area contributed by atoms with Crippen LogP contribution in [0.25, 0.3) is 0 Å². The first-order valence-corrected chi connectivity index (χ1v) is 8.64. The third-order valence-corrected chi connectivity index (χ3v) is 5.40. The summed E-state index contributed by atoms with van der Waals surface area (Å²) < 4.78 is 1.72. The molecule has 1 aromatic carbocycles. The fourth-order valence-electron chi connectivity index (χ4n) is 4.07. The molecule has 2 aliphatic rings. The van der Waals surface area contributed by atoms with E-state index in [1.165, 1.54) is 11.1 Å². The van der Waals surface area contributed by atoms with Crippen molar-refractivity contribution in [1.82, 2.24) is 19.6 Å². The summed E-state index contributed by atoms with van der Waals surface area (Å²) in [5, 5.41) is 4.23. The highest BCUT2D eigenvalue weighted by atomic mass is 16.2. The van der Waals surface area contributed by atoms with E-state index in [9.17, 15) is 9.59 Å². The largest absolute Gasteiger partial charge is 0.338 e. The van der Waals surface area contributed by atoms with Gasteiger partial charge < -0.3 is 9.80 Å². The lowest BCUT2D eigenvalue weighted by Crippen LogP contribution is -2.46. The Kier molecular flexibility index (Phi) is 3.82. The molecule has 0 N–H and O–H groups in total. The molecule has 0 aliphatic carbocycles. The predicted octanol–water partition coefficient (Wildman–Crippen LogP) is 1.87. The number of rotatable bonds is 2. The van der Waals surface area contributed by atoms with Crippen LogP contribution in [0.1, 0.15) is 35.6 Å². The van der Waals surface area contributed by atoms with Gasteiger partial charge in [0.05, 0.1) is 18.2 Å². The average Bonchev–Trinajstić information content (AvgIpc) is 3.22. The molecule has 130 valence electrons. The Hall–Kier alpha value is -2.63. The Morgan fingerprint density at radius 1 is 1.16 bits per heavy atom. The molecular weight excluding hydrogens is 316 g/mol. The Labute approximate surface area is 147 Å². The van der Waals surface area contributed by atoms with Crippen LogP contribution in [0.3, 0.4) is 0 Å². The number of nitrogens with zero attached hydrogens (tertiary/aromatic N) is 4. The van der Waals surface area contributed by atoms with Crippen LogP contribution in [0.4, 0.5) is 0 Å². The van der Waals surface area contributed by atoms with Gasteiger partial charge in [-0.05, 0) is 17.5 Å². The molecule has 4 rings (SSSR count). The van der Waals surface area contributed by atoms with Crippen LogP contribution in [-0.4, -0.2) is 38.4 Å². The number of carbonyl (C=O) groups is 2. The third kappa shape index (κ3) is 2.71. The summed E-state index contributed by atoms with van der Waals surface area (Å²) in [6.07, 6.45) is 4.68. The van der Waals surface area contributed by atoms with Crippen molar-refractivity contribution in [3.05, 3.63) is 53.3 Å². The molecule has 2 aromatic rings. The molecule has 2 amide bonds. The van der Waals surface area contributed by atoms with Gasteiger partial charge in [-0.25, -0.2) is 0 Å². The zero-order valence-corrected chi connectivity index (χ0v) is 14.6. The highest BCUT2D eigenvalue weighted by Crippen LogP contribution is 2.38. The van der Waals surface area contributed by atoms with Crippen LogP contribution < -0.4 is 0 Å². The van der Waals surface area contributed by atoms with E-state index in [1.54, 1.807) is 22.8 Å². The molecule has 2 atom stereocenters. The second kappa shape index (κ2) is 6.02. The monoisotopic (exact) mass is 338 g/mol. The van der Waals surface area contributed by atoms with Crippen molar-refractivity contribution in [3.63, 3.8) is 0 Å². The predicted molar refractivity (Wildman–Crippen MR) is 92.1 cm³/mol. The van der Waals surface area contributed by atoms with Crippen molar-refractivity contribution in [3.8, 4) is 0 Å². The van der Waals surface area contributed by atoms with Crippen molar-refractivity contribution >= 4 is 11.8 Å². The second-order valence-electron chi connectivity index (χ2n) is 7.00. The van der Waals surface area contributed by atoms with Crippen LogP contribution in [-0.2, 0) is 29.7 Å². The fourth-order valence-corrected chi connectivity index (χ4v) is 4.07. The van der Waals surface area contributed by atoms with Crippen molar-refractivity contribution in [1.29, 1.82) is 0 Å². The van der Waals surface area contributed by atoms with Crippen molar-refractivity contribution in [2.45, 2.75) is 32.0 Å². The molecular formula is C19H22N4O2. The lowest BCUT2D eigenvalue weighted by Gasteiger charge is -2.39. The summed E-state index contributed by atoms with van der Waals surface area (Å²) in [7, 11) is 3.64. The number of fused-ring (bicyclic) bond motifs is 1.